The van der Waals surface area contributed by atoms with Crippen molar-refractivity contribution in [2.24, 2.45) is 7.05 Å². The lowest BCUT2D eigenvalue weighted by molar-refractivity contribution is 0.219. The van der Waals surface area contributed by atoms with Gasteiger partial charge in [-0.15, -0.1) is 0 Å². The van der Waals surface area contributed by atoms with E-state index in [1.165, 1.54) is 9.13 Å². The molecule has 0 unspecified atom stereocenters. The van der Waals surface area contributed by atoms with Crippen molar-refractivity contribution in [2.75, 3.05) is 14.2 Å². The minimum absolute atomic E-state index is 0.304. The molecule has 0 saturated carbocycles. The average molecular weight is 400 g/mol. The number of imidazole rings is 1. The van der Waals surface area contributed by atoms with Gasteiger partial charge in [0.25, 0.3) is 5.56 Å². The lowest BCUT2D eigenvalue weighted by atomic mass is 10.2. The molecule has 0 bridgehead atoms. The molecule has 2 rings (SSSR count). The zero-order valence-corrected chi connectivity index (χ0v) is 17.9. The van der Waals surface area contributed by atoms with Crippen molar-refractivity contribution in [2.45, 2.75) is 33.9 Å². The molecule has 0 amide bonds. The van der Waals surface area contributed by atoms with Gasteiger partial charge in [0.05, 0.1) is 14.2 Å². The third kappa shape index (κ3) is 4.11. The van der Waals surface area contributed by atoms with Crippen LogP contribution in [-0.2, 0) is 29.6 Å². The normalized spacial score (nSPS) is 12.8. The van der Waals surface area contributed by atoms with E-state index in [1.54, 1.807) is 57.1 Å². The molecule has 0 radical (unpaired) electrons. The molecule has 2 aromatic heterocycles. The Kier molecular flexibility index (Phi) is 7.03. The summed E-state index contributed by atoms with van der Waals surface area (Å²) in [5.74, 6) is 1.68. The van der Waals surface area contributed by atoms with Gasteiger partial charge in [0.15, 0.2) is 22.7 Å². The summed E-state index contributed by atoms with van der Waals surface area (Å²) in [6, 6.07) is 0. The number of aryl methyl sites for hydroxylation is 2. The van der Waals surface area contributed by atoms with Crippen molar-refractivity contribution in [1.29, 1.82) is 0 Å². The minimum Gasteiger partial charge on any atom is -0.493 e. The number of hydrogen-bond acceptors (Lipinski definition) is 5. The molecule has 0 saturated heterocycles. The lowest BCUT2D eigenvalue weighted by Crippen LogP contribution is -2.39. The summed E-state index contributed by atoms with van der Waals surface area (Å²) in [6.45, 7) is 10.2. The first-order valence-corrected chi connectivity index (χ1v) is 9.37. The first-order valence-electron chi connectivity index (χ1n) is 9.37. The fraction of sp³-hybridized carbons (Fsp3) is 0.381. The van der Waals surface area contributed by atoms with E-state index >= 15 is 0 Å². The highest BCUT2D eigenvalue weighted by Gasteiger charge is 2.17. The quantitative estimate of drug-likeness (QED) is 0.503. The highest BCUT2D eigenvalue weighted by Crippen LogP contribution is 2.16. The van der Waals surface area contributed by atoms with Gasteiger partial charge in [-0.25, -0.2) is 9.78 Å². The number of hydrogen-bond donors (Lipinski definition) is 0. The van der Waals surface area contributed by atoms with Crippen LogP contribution in [0.5, 0.6) is 0 Å². The number of nitrogens with zero attached hydrogens (tertiary/aromatic N) is 4. The fourth-order valence-electron chi connectivity index (χ4n) is 3.08. The zero-order chi connectivity index (χ0) is 21.7. The van der Waals surface area contributed by atoms with Crippen molar-refractivity contribution >= 4 is 17.2 Å². The van der Waals surface area contributed by atoms with Gasteiger partial charge in [0.1, 0.15) is 5.82 Å². The van der Waals surface area contributed by atoms with Crippen molar-refractivity contribution in [3.05, 3.63) is 68.6 Å². The van der Waals surface area contributed by atoms with Crippen molar-refractivity contribution in [1.82, 2.24) is 18.7 Å². The molecule has 0 aromatic carbocycles. The van der Waals surface area contributed by atoms with Gasteiger partial charge in [0, 0.05) is 20.1 Å². The monoisotopic (exact) mass is 400 g/mol. The molecule has 0 fully saturated rings. The van der Waals surface area contributed by atoms with E-state index < -0.39 is 0 Å². The predicted octanol–water partition coefficient (Wildman–Crippen LogP) is 2.59. The maximum absolute atomic E-state index is 12.7. The zero-order valence-electron chi connectivity index (χ0n) is 17.9. The van der Waals surface area contributed by atoms with Crippen LogP contribution < -0.4 is 11.2 Å². The molecule has 2 heterocycles. The number of rotatable bonds is 8. The van der Waals surface area contributed by atoms with Crippen LogP contribution in [0.2, 0.25) is 0 Å². The molecule has 8 heteroatoms. The Hall–Kier alpha value is -3.29. The molecule has 8 nitrogen and oxygen atoms in total. The van der Waals surface area contributed by atoms with Crippen molar-refractivity contribution in [3.8, 4) is 0 Å². The third-order valence-corrected chi connectivity index (χ3v) is 4.62. The highest BCUT2D eigenvalue weighted by atomic mass is 16.5. The topological polar surface area (TPSA) is 80.3 Å². The van der Waals surface area contributed by atoms with Crippen molar-refractivity contribution < 1.29 is 9.47 Å². The molecule has 156 valence electrons. The molecule has 2 aromatic rings. The van der Waals surface area contributed by atoms with E-state index in [0.29, 0.717) is 47.2 Å². The molecule has 0 spiro atoms. The van der Waals surface area contributed by atoms with E-state index in [0.717, 1.165) is 0 Å². The van der Waals surface area contributed by atoms with Crippen LogP contribution in [0, 0.1) is 0 Å². The second kappa shape index (κ2) is 9.27. The Morgan fingerprint density at radius 1 is 1.10 bits per heavy atom. The second-order valence-corrected chi connectivity index (χ2v) is 6.26. The number of ether oxygens (including phenoxy) is 2. The van der Waals surface area contributed by atoms with Crippen LogP contribution in [0.4, 0.5) is 0 Å². The average Bonchev–Trinajstić information content (AvgIpc) is 3.03. The van der Waals surface area contributed by atoms with Crippen LogP contribution in [0.25, 0.3) is 17.2 Å². The smallest absolute Gasteiger partial charge is 0.332 e. The molecule has 0 aliphatic carbocycles. The lowest BCUT2D eigenvalue weighted by Gasteiger charge is -2.09. The van der Waals surface area contributed by atoms with Crippen LogP contribution in [-0.4, -0.2) is 32.9 Å². The number of methoxy groups -OCH3 is 2. The van der Waals surface area contributed by atoms with Gasteiger partial charge >= 0.3 is 5.69 Å². The highest BCUT2D eigenvalue weighted by molar-refractivity contribution is 5.73. The van der Waals surface area contributed by atoms with Gasteiger partial charge in [0.2, 0.25) is 0 Å². The number of aromatic nitrogens is 4. The SMILES string of the molecule is C=C(/C=C/c1nc2c(c(=O)n(CC)c(=O)n2CC)n1C)/C=C(OC)\C(=C/C)OC. The second-order valence-electron chi connectivity index (χ2n) is 6.26. The maximum atomic E-state index is 12.7. The van der Waals surface area contributed by atoms with E-state index in [4.69, 9.17) is 9.47 Å². The Morgan fingerprint density at radius 3 is 2.24 bits per heavy atom. The molecular weight excluding hydrogens is 372 g/mol. The Bertz CT molecular complexity index is 1130. The summed E-state index contributed by atoms with van der Waals surface area (Å²) in [6.07, 6.45) is 7.04. The Labute approximate surface area is 169 Å². The standard InChI is InChI=1S/C21H28N4O4/c1-8-15(28-6)16(29-7)13-14(4)11-12-17-22-19-18(23(17)5)20(26)25(10-3)21(27)24(19)9-2/h8,11-13H,4,9-10H2,1-3,5-7H3/b12-11+,15-8+,16-13+. The van der Waals surface area contributed by atoms with Gasteiger partial charge in [-0.05, 0) is 44.6 Å². The predicted molar refractivity (Wildman–Crippen MR) is 115 cm³/mol. The molecule has 29 heavy (non-hydrogen) atoms. The molecule has 0 aliphatic rings. The van der Waals surface area contributed by atoms with Gasteiger partial charge in [-0.3, -0.25) is 13.9 Å². The van der Waals surface area contributed by atoms with E-state index in [2.05, 4.69) is 11.6 Å². The van der Waals surface area contributed by atoms with Crippen LogP contribution in [0.3, 0.4) is 0 Å². The summed E-state index contributed by atoms with van der Waals surface area (Å²) in [5, 5.41) is 0. The summed E-state index contributed by atoms with van der Waals surface area (Å²) < 4.78 is 15.0. The number of fused-ring (bicyclic) bond motifs is 1. The van der Waals surface area contributed by atoms with Crippen LogP contribution in [0.1, 0.15) is 26.6 Å². The van der Waals surface area contributed by atoms with Gasteiger partial charge < -0.3 is 14.0 Å². The fourth-order valence-corrected chi connectivity index (χ4v) is 3.08. The summed E-state index contributed by atoms with van der Waals surface area (Å²) in [4.78, 5) is 29.8. The third-order valence-electron chi connectivity index (χ3n) is 4.62. The summed E-state index contributed by atoms with van der Waals surface area (Å²) in [5.41, 5.74) is 0.733. The molecular formula is C21H28N4O4. The van der Waals surface area contributed by atoms with Crippen molar-refractivity contribution in [3.63, 3.8) is 0 Å². The van der Waals surface area contributed by atoms with Gasteiger partial charge in [-0.1, -0.05) is 12.7 Å². The largest absolute Gasteiger partial charge is 0.493 e. The van der Waals surface area contributed by atoms with Gasteiger partial charge in [-0.2, -0.15) is 0 Å². The van der Waals surface area contributed by atoms with E-state index in [-0.39, 0.29) is 11.2 Å². The maximum Gasteiger partial charge on any atom is 0.332 e. The van der Waals surface area contributed by atoms with E-state index in [9.17, 15) is 9.59 Å². The summed E-state index contributed by atoms with van der Waals surface area (Å²) in [7, 11) is 4.87. The first-order chi connectivity index (χ1) is 13.8. The van der Waals surface area contributed by atoms with Crippen LogP contribution in [0.15, 0.2) is 51.5 Å². The Morgan fingerprint density at radius 2 is 1.72 bits per heavy atom. The Balaban J connectivity index is 2.54. The van der Waals surface area contributed by atoms with Crippen LogP contribution >= 0.6 is 0 Å². The first kappa shape index (κ1) is 22.0. The number of allylic oxidation sites excluding steroid dienone is 4. The van der Waals surface area contributed by atoms with E-state index in [1.807, 2.05) is 13.8 Å². The molecule has 0 atom stereocenters. The molecule has 0 N–H and O–H groups in total. The summed E-state index contributed by atoms with van der Waals surface area (Å²) >= 11 is 0. The molecule has 0 aliphatic heterocycles. The minimum atomic E-state index is -0.350.